The van der Waals surface area contributed by atoms with E-state index in [-0.39, 0.29) is 12.5 Å². The maximum atomic E-state index is 12.2. The molecular weight excluding hydrogens is 318 g/mol. The van der Waals surface area contributed by atoms with E-state index in [1.165, 1.54) is 17.0 Å². The number of carbonyl (C=O) groups is 1. The molecule has 1 aromatic heterocycles. The van der Waals surface area contributed by atoms with Gasteiger partial charge in [-0.15, -0.1) is 0 Å². The molecule has 3 rings (SSSR count). The Bertz CT molecular complexity index is 976. The smallest absolute Gasteiger partial charge is 0.316 e. The summed E-state index contributed by atoms with van der Waals surface area (Å²) in [5, 5.41) is 2.68. The number of hydrogen-bond acceptors (Lipinski definition) is 3. The van der Waals surface area contributed by atoms with E-state index < -0.39 is 11.1 Å². The first kappa shape index (κ1) is 16.4. The summed E-state index contributed by atoms with van der Waals surface area (Å²) in [6.45, 7) is 0.0983. The molecule has 0 bridgehead atoms. The van der Waals surface area contributed by atoms with Crippen molar-refractivity contribution in [3.8, 4) is 0 Å². The lowest BCUT2D eigenvalue weighted by molar-refractivity contribution is -0.116. The second-order valence-corrected chi connectivity index (χ2v) is 5.56. The maximum absolute atomic E-state index is 12.2. The molecule has 0 atom stereocenters. The van der Waals surface area contributed by atoms with Gasteiger partial charge in [-0.1, -0.05) is 48.5 Å². The van der Waals surface area contributed by atoms with Gasteiger partial charge in [-0.2, -0.15) is 0 Å². The van der Waals surface area contributed by atoms with Crippen molar-refractivity contribution in [2.45, 2.75) is 13.1 Å². The van der Waals surface area contributed by atoms with Crippen molar-refractivity contribution < 1.29 is 4.79 Å². The quantitative estimate of drug-likeness (QED) is 0.721. The molecule has 1 N–H and O–H groups in total. The number of para-hydroxylation sites is 1. The van der Waals surface area contributed by atoms with Gasteiger partial charge < -0.3 is 9.88 Å². The summed E-state index contributed by atoms with van der Waals surface area (Å²) < 4.78 is 2.45. The molecule has 25 heavy (non-hydrogen) atoms. The number of anilines is 1. The predicted molar refractivity (Wildman–Crippen MR) is 95.6 cm³/mol. The molecule has 2 aromatic carbocycles. The lowest BCUT2D eigenvalue weighted by Gasteiger charge is -2.09. The predicted octanol–water partition coefficient (Wildman–Crippen LogP) is 1.70. The second-order valence-electron chi connectivity index (χ2n) is 5.56. The zero-order valence-electron chi connectivity index (χ0n) is 13.5. The van der Waals surface area contributed by atoms with Gasteiger partial charge in [0.1, 0.15) is 6.54 Å². The van der Waals surface area contributed by atoms with Crippen molar-refractivity contribution in [2.24, 2.45) is 0 Å². The fraction of sp³-hybridized carbons (Fsp3) is 0.105. The van der Waals surface area contributed by atoms with Crippen molar-refractivity contribution in [3.05, 3.63) is 99.3 Å². The molecule has 0 spiro atoms. The van der Waals surface area contributed by atoms with Crippen molar-refractivity contribution in [1.82, 2.24) is 9.13 Å². The van der Waals surface area contributed by atoms with Crippen LogP contribution in [-0.4, -0.2) is 15.0 Å². The van der Waals surface area contributed by atoms with E-state index in [9.17, 15) is 14.4 Å². The summed E-state index contributed by atoms with van der Waals surface area (Å²) in [5.41, 5.74) is 0.182. The van der Waals surface area contributed by atoms with Gasteiger partial charge in [-0.3, -0.25) is 19.0 Å². The highest BCUT2D eigenvalue weighted by Crippen LogP contribution is 2.04. The third-order valence-electron chi connectivity index (χ3n) is 3.70. The van der Waals surface area contributed by atoms with Crippen LogP contribution in [0, 0.1) is 0 Å². The molecule has 6 nitrogen and oxygen atoms in total. The maximum Gasteiger partial charge on any atom is 0.316 e. The summed E-state index contributed by atoms with van der Waals surface area (Å²) in [4.78, 5) is 36.5. The second kappa shape index (κ2) is 7.44. The Morgan fingerprint density at radius 3 is 2.04 bits per heavy atom. The molecule has 0 aliphatic rings. The van der Waals surface area contributed by atoms with E-state index in [0.29, 0.717) is 12.2 Å². The van der Waals surface area contributed by atoms with Crippen LogP contribution in [0.25, 0.3) is 0 Å². The van der Waals surface area contributed by atoms with Crippen LogP contribution in [0.4, 0.5) is 5.69 Å². The van der Waals surface area contributed by atoms with Crippen molar-refractivity contribution >= 4 is 11.6 Å². The molecule has 126 valence electrons. The van der Waals surface area contributed by atoms with Gasteiger partial charge in [-0.05, 0) is 17.7 Å². The van der Waals surface area contributed by atoms with E-state index in [2.05, 4.69) is 5.32 Å². The molecule has 0 aliphatic carbocycles. The van der Waals surface area contributed by atoms with Gasteiger partial charge in [0.25, 0.3) is 0 Å². The highest BCUT2D eigenvalue weighted by molar-refractivity contribution is 5.90. The minimum absolute atomic E-state index is 0.213. The van der Waals surface area contributed by atoms with Crippen LogP contribution >= 0.6 is 0 Å². The summed E-state index contributed by atoms with van der Waals surface area (Å²) in [6, 6.07) is 18.3. The van der Waals surface area contributed by atoms with Crippen LogP contribution in [0.2, 0.25) is 0 Å². The van der Waals surface area contributed by atoms with Crippen molar-refractivity contribution in [3.63, 3.8) is 0 Å². The van der Waals surface area contributed by atoms with Gasteiger partial charge in [0, 0.05) is 18.1 Å². The van der Waals surface area contributed by atoms with Crippen LogP contribution in [-0.2, 0) is 17.9 Å². The van der Waals surface area contributed by atoms with E-state index in [4.69, 9.17) is 0 Å². The van der Waals surface area contributed by atoms with Gasteiger partial charge in [0.15, 0.2) is 0 Å². The SMILES string of the molecule is O=C(Cn1ccn(Cc2ccccc2)c(=O)c1=O)Nc1ccccc1. The van der Waals surface area contributed by atoms with E-state index in [1.807, 2.05) is 36.4 Å². The van der Waals surface area contributed by atoms with Gasteiger partial charge in [0.05, 0.1) is 6.54 Å². The highest BCUT2D eigenvalue weighted by atomic mass is 16.2. The number of carbonyl (C=O) groups excluding carboxylic acids is 1. The first-order valence-electron chi connectivity index (χ1n) is 7.82. The standard InChI is InChI=1S/C19H17N3O3/c23-17(20-16-9-5-2-6-10-16)14-22-12-11-21(18(24)19(22)25)13-15-7-3-1-4-8-15/h1-12H,13-14H2,(H,20,23). The third kappa shape index (κ3) is 4.11. The molecule has 1 amide bonds. The molecular formula is C19H17N3O3. The number of aromatic nitrogens is 2. The van der Waals surface area contributed by atoms with Gasteiger partial charge in [-0.25, -0.2) is 0 Å². The Hall–Kier alpha value is -3.41. The third-order valence-corrected chi connectivity index (χ3v) is 3.70. The fourth-order valence-corrected chi connectivity index (χ4v) is 2.45. The average molecular weight is 335 g/mol. The Morgan fingerprint density at radius 1 is 0.800 bits per heavy atom. The Kier molecular flexibility index (Phi) is 4.89. The van der Waals surface area contributed by atoms with E-state index in [1.54, 1.807) is 24.3 Å². The van der Waals surface area contributed by atoms with Crippen LogP contribution in [0.5, 0.6) is 0 Å². The number of benzene rings is 2. The monoisotopic (exact) mass is 335 g/mol. The van der Waals surface area contributed by atoms with Gasteiger partial charge >= 0.3 is 11.1 Å². The molecule has 0 saturated heterocycles. The van der Waals surface area contributed by atoms with Gasteiger partial charge in [0.2, 0.25) is 5.91 Å². The van der Waals surface area contributed by atoms with Crippen molar-refractivity contribution in [2.75, 3.05) is 5.32 Å². The number of amides is 1. The van der Waals surface area contributed by atoms with Crippen LogP contribution < -0.4 is 16.4 Å². The minimum Gasteiger partial charge on any atom is -0.325 e. The largest absolute Gasteiger partial charge is 0.325 e. The fourth-order valence-electron chi connectivity index (χ4n) is 2.45. The molecule has 3 aromatic rings. The topological polar surface area (TPSA) is 73.1 Å². The molecule has 0 fully saturated rings. The minimum atomic E-state index is -0.721. The summed E-state index contributed by atoms with van der Waals surface area (Å²) >= 11 is 0. The average Bonchev–Trinajstić information content (AvgIpc) is 2.63. The normalized spacial score (nSPS) is 10.4. The zero-order chi connectivity index (χ0) is 17.6. The molecule has 1 heterocycles. The molecule has 6 heteroatoms. The molecule has 0 unspecified atom stereocenters. The van der Waals surface area contributed by atoms with E-state index >= 15 is 0 Å². The number of nitrogens with zero attached hydrogens (tertiary/aromatic N) is 2. The number of hydrogen-bond donors (Lipinski definition) is 1. The highest BCUT2D eigenvalue weighted by Gasteiger charge is 2.09. The number of rotatable bonds is 5. The first-order valence-corrected chi connectivity index (χ1v) is 7.82. The van der Waals surface area contributed by atoms with Crippen LogP contribution in [0.15, 0.2) is 82.6 Å². The molecule has 0 saturated carbocycles. The van der Waals surface area contributed by atoms with Crippen LogP contribution in [0.1, 0.15) is 5.56 Å². The Labute approximate surface area is 144 Å². The Balaban J connectivity index is 1.75. The lowest BCUT2D eigenvalue weighted by atomic mass is 10.2. The summed E-state index contributed by atoms with van der Waals surface area (Å²) in [7, 11) is 0. The van der Waals surface area contributed by atoms with Crippen LogP contribution in [0.3, 0.4) is 0 Å². The summed E-state index contributed by atoms with van der Waals surface area (Å²) in [5.74, 6) is -0.367. The van der Waals surface area contributed by atoms with E-state index in [0.717, 1.165) is 10.1 Å². The summed E-state index contributed by atoms with van der Waals surface area (Å²) in [6.07, 6.45) is 2.98. The number of nitrogens with one attached hydrogen (secondary N) is 1. The van der Waals surface area contributed by atoms with Crippen molar-refractivity contribution in [1.29, 1.82) is 0 Å². The zero-order valence-corrected chi connectivity index (χ0v) is 13.5. The molecule has 0 radical (unpaired) electrons. The first-order chi connectivity index (χ1) is 12.1. The molecule has 0 aliphatic heterocycles. The lowest BCUT2D eigenvalue weighted by Crippen LogP contribution is -2.42. The Morgan fingerprint density at radius 2 is 1.36 bits per heavy atom.